The molecule has 2 aromatic carbocycles. The van der Waals surface area contributed by atoms with Crippen molar-refractivity contribution >= 4 is 10.8 Å². The van der Waals surface area contributed by atoms with Crippen LogP contribution < -0.4 is 11.1 Å². The Kier molecular flexibility index (Phi) is 3.54. The first-order chi connectivity index (χ1) is 9.24. The first-order valence-electron chi connectivity index (χ1n) is 7.23. The van der Waals surface area contributed by atoms with E-state index in [9.17, 15) is 0 Å². The SMILES string of the molecule is CC(NC1CCC(N)C1)c1cccc2ccccc12. The Morgan fingerprint density at radius 3 is 2.68 bits per heavy atom. The molecule has 1 aliphatic carbocycles. The van der Waals surface area contributed by atoms with Gasteiger partial charge in [0.2, 0.25) is 0 Å². The summed E-state index contributed by atoms with van der Waals surface area (Å²) in [5.41, 5.74) is 7.38. The summed E-state index contributed by atoms with van der Waals surface area (Å²) in [5, 5.41) is 6.41. The minimum Gasteiger partial charge on any atom is -0.328 e. The van der Waals surface area contributed by atoms with Gasteiger partial charge in [-0.1, -0.05) is 42.5 Å². The number of benzene rings is 2. The van der Waals surface area contributed by atoms with Gasteiger partial charge in [-0.15, -0.1) is 0 Å². The van der Waals surface area contributed by atoms with E-state index in [1.807, 2.05) is 0 Å². The first-order valence-corrected chi connectivity index (χ1v) is 7.23. The van der Waals surface area contributed by atoms with E-state index in [0.717, 1.165) is 12.8 Å². The molecule has 1 saturated carbocycles. The van der Waals surface area contributed by atoms with E-state index in [1.54, 1.807) is 0 Å². The van der Waals surface area contributed by atoms with Crippen LogP contribution in [0.15, 0.2) is 42.5 Å². The topological polar surface area (TPSA) is 38.0 Å². The predicted molar refractivity (Wildman–Crippen MR) is 81.1 cm³/mol. The highest BCUT2D eigenvalue weighted by Crippen LogP contribution is 2.26. The highest BCUT2D eigenvalue weighted by molar-refractivity contribution is 5.86. The van der Waals surface area contributed by atoms with Crippen LogP contribution in [0.5, 0.6) is 0 Å². The Labute approximate surface area is 115 Å². The molecular formula is C17H22N2. The molecule has 1 fully saturated rings. The minimum absolute atomic E-state index is 0.376. The van der Waals surface area contributed by atoms with Crippen molar-refractivity contribution in [1.82, 2.24) is 5.32 Å². The maximum atomic E-state index is 5.99. The fraction of sp³-hybridized carbons (Fsp3) is 0.412. The van der Waals surface area contributed by atoms with Gasteiger partial charge in [-0.25, -0.2) is 0 Å². The lowest BCUT2D eigenvalue weighted by Gasteiger charge is -2.21. The monoisotopic (exact) mass is 254 g/mol. The fourth-order valence-corrected chi connectivity index (χ4v) is 3.24. The minimum atomic E-state index is 0.376. The van der Waals surface area contributed by atoms with E-state index in [1.165, 1.54) is 22.8 Å². The van der Waals surface area contributed by atoms with Crippen LogP contribution in [-0.4, -0.2) is 12.1 Å². The van der Waals surface area contributed by atoms with Crippen LogP contribution in [-0.2, 0) is 0 Å². The molecule has 0 aromatic heterocycles. The zero-order chi connectivity index (χ0) is 13.2. The second-order valence-electron chi connectivity index (χ2n) is 5.73. The molecule has 100 valence electrons. The number of nitrogens with two attached hydrogens (primary N) is 1. The Hall–Kier alpha value is -1.38. The van der Waals surface area contributed by atoms with Gasteiger partial charge in [0.1, 0.15) is 0 Å². The van der Waals surface area contributed by atoms with Crippen LogP contribution in [0, 0.1) is 0 Å². The number of rotatable bonds is 3. The van der Waals surface area contributed by atoms with Crippen molar-refractivity contribution in [3.8, 4) is 0 Å². The number of hydrogen-bond donors (Lipinski definition) is 2. The molecule has 2 heteroatoms. The Balaban J connectivity index is 1.83. The molecule has 2 aromatic rings. The first kappa shape index (κ1) is 12.6. The molecule has 19 heavy (non-hydrogen) atoms. The fourth-order valence-electron chi connectivity index (χ4n) is 3.24. The molecule has 0 radical (unpaired) electrons. The average molecular weight is 254 g/mol. The third kappa shape index (κ3) is 2.65. The summed E-state index contributed by atoms with van der Waals surface area (Å²) in [4.78, 5) is 0. The average Bonchev–Trinajstić information content (AvgIpc) is 2.83. The number of fused-ring (bicyclic) bond motifs is 1. The lowest BCUT2D eigenvalue weighted by Crippen LogP contribution is -2.30. The maximum absolute atomic E-state index is 5.99. The van der Waals surface area contributed by atoms with Gasteiger partial charge in [0, 0.05) is 18.1 Å². The molecule has 0 spiro atoms. The third-order valence-corrected chi connectivity index (χ3v) is 4.25. The highest BCUT2D eigenvalue weighted by atomic mass is 15.0. The molecule has 0 bridgehead atoms. The summed E-state index contributed by atoms with van der Waals surface area (Å²) in [5.74, 6) is 0. The molecule has 0 heterocycles. The molecule has 0 aliphatic heterocycles. The van der Waals surface area contributed by atoms with Crippen molar-refractivity contribution in [2.24, 2.45) is 5.73 Å². The van der Waals surface area contributed by atoms with Crippen molar-refractivity contribution in [3.63, 3.8) is 0 Å². The predicted octanol–water partition coefficient (Wildman–Crippen LogP) is 3.37. The lowest BCUT2D eigenvalue weighted by atomic mass is 9.99. The summed E-state index contributed by atoms with van der Waals surface area (Å²) in [6, 6.07) is 16.5. The molecule has 0 amide bonds. The smallest absolute Gasteiger partial charge is 0.0300 e. The van der Waals surface area contributed by atoms with Gasteiger partial charge in [-0.05, 0) is 42.5 Å². The molecule has 3 atom stereocenters. The Morgan fingerprint density at radius 1 is 1.11 bits per heavy atom. The van der Waals surface area contributed by atoms with Crippen LogP contribution in [0.25, 0.3) is 10.8 Å². The maximum Gasteiger partial charge on any atom is 0.0300 e. The summed E-state index contributed by atoms with van der Waals surface area (Å²) in [6.07, 6.45) is 3.46. The van der Waals surface area contributed by atoms with E-state index >= 15 is 0 Å². The van der Waals surface area contributed by atoms with E-state index in [0.29, 0.717) is 18.1 Å². The summed E-state index contributed by atoms with van der Waals surface area (Å²) in [6.45, 7) is 2.26. The quantitative estimate of drug-likeness (QED) is 0.881. The van der Waals surface area contributed by atoms with Gasteiger partial charge >= 0.3 is 0 Å². The summed E-state index contributed by atoms with van der Waals surface area (Å²) >= 11 is 0. The largest absolute Gasteiger partial charge is 0.328 e. The zero-order valence-corrected chi connectivity index (χ0v) is 11.5. The van der Waals surface area contributed by atoms with Gasteiger partial charge in [0.25, 0.3) is 0 Å². The van der Waals surface area contributed by atoms with Gasteiger partial charge in [0.15, 0.2) is 0 Å². The second kappa shape index (κ2) is 5.32. The van der Waals surface area contributed by atoms with Crippen LogP contribution >= 0.6 is 0 Å². The van der Waals surface area contributed by atoms with E-state index in [2.05, 4.69) is 54.7 Å². The molecule has 0 saturated heterocycles. The standard InChI is InChI=1S/C17H22N2/c1-12(19-15-10-9-14(18)11-15)16-8-4-6-13-5-2-3-7-17(13)16/h2-8,12,14-15,19H,9-11,18H2,1H3. The molecule has 1 aliphatic rings. The van der Waals surface area contributed by atoms with Gasteiger partial charge in [0.05, 0.1) is 0 Å². The van der Waals surface area contributed by atoms with Gasteiger partial charge < -0.3 is 11.1 Å². The van der Waals surface area contributed by atoms with E-state index in [4.69, 9.17) is 5.73 Å². The van der Waals surface area contributed by atoms with Crippen LogP contribution in [0.2, 0.25) is 0 Å². The Morgan fingerprint density at radius 2 is 1.89 bits per heavy atom. The van der Waals surface area contributed by atoms with E-state index < -0.39 is 0 Å². The number of nitrogens with one attached hydrogen (secondary N) is 1. The van der Waals surface area contributed by atoms with Crippen molar-refractivity contribution < 1.29 is 0 Å². The van der Waals surface area contributed by atoms with Crippen LogP contribution in [0.1, 0.15) is 37.8 Å². The zero-order valence-electron chi connectivity index (χ0n) is 11.5. The Bertz CT molecular complexity index is 559. The summed E-state index contributed by atoms with van der Waals surface area (Å²) < 4.78 is 0. The van der Waals surface area contributed by atoms with Crippen molar-refractivity contribution in [3.05, 3.63) is 48.0 Å². The lowest BCUT2D eigenvalue weighted by molar-refractivity contribution is 0.458. The van der Waals surface area contributed by atoms with Gasteiger partial charge in [-0.3, -0.25) is 0 Å². The van der Waals surface area contributed by atoms with Crippen molar-refractivity contribution in [2.45, 2.75) is 44.3 Å². The van der Waals surface area contributed by atoms with Crippen molar-refractivity contribution in [1.29, 1.82) is 0 Å². The van der Waals surface area contributed by atoms with Crippen LogP contribution in [0.4, 0.5) is 0 Å². The third-order valence-electron chi connectivity index (χ3n) is 4.25. The molecule has 3 N–H and O–H groups in total. The van der Waals surface area contributed by atoms with E-state index in [-0.39, 0.29) is 0 Å². The van der Waals surface area contributed by atoms with Crippen molar-refractivity contribution in [2.75, 3.05) is 0 Å². The van der Waals surface area contributed by atoms with Crippen LogP contribution in [0.3, 0.4) is 0 Å². The molecule has 2 nitrogen and oxygen atoms in total. The second-order valence-corrected chi connectivity index (χ2v) is 5.73. The molecule has 3 unspecified atom stereocenters. The molecular weight excluding hydrogens is 232 g/mol. The number of hydrogen-bond acceptors (Lipinski definition) is 2. The summed E-state index contributed by atoms with van der Waals surface area (Å²) in [7, 11) is 0. The van der Waals surface area contributed by atoms with Gasteiger partial charge in [-0.2, -0.15) is 0 Å². The highest BCUT2D eigenvalue weighted by Gasteiger charge is 2.23. The normalized spacial score (nSPS) is 24.7. The molecule has 3 rings (SSSR count).